The Morgan fingerprint density at radius 2 is 2.05 bits per heavy atom. The van der Waals surface area contributed by atoms with E-state index in [1.807, 2.05) is 13.0 Å². The molecule has 0 aromatic heterocycles. The molecule has 0 radical (unpaired) electrons. The van der Waals surface area contributed by atoms with Gasteiger partial charge in [-0.05, 0) is 42.8 Å². The van der Waals surface area contributed by atoms with E-state index in [4.69, 9.17) is 4.74 Å². The van der Waals surface area contributed by atoms with E-state index < -0.39 is 6.09 Å². The Labute approximate surface area is 122 Å². The fraction of sp³-hybridized carbons (Fsp3) is 0.125. The van der Waals surface area contributed by atoms with E-state index in [1.54, 1.807) is 42.6 Å². The number of phenolic OH excluding ortho intramolecular Hbond substituents is 1. The van der Waals surface area contributed by atoms with Gasteiger partial charge in [-0.2, -0.15) is 0 Å². The summed E-state index contributed by atoms with van der Waals surface area (Å²) >= 11 is 0. The third-order valence-corrected chi connectivity index (χ3v) is 2.86. The van der Waals surface area contributed by atoms with Crippen LogP contribution in [0.5, 0.6) is 11.5 Å². The van der Waals surface area contributed by atoms with Crippen LogP contribution in [0.4, 0.5) is 10.5 Å². The number of phenols is 1. The van der Waals surface area contributed by atoms with Gasteiger partial charge in [0.25, 0.3) is 0 Å². The van der Waals surface area contributed by atoms with E-state index in [0.29, 0.717) is 11.3 Å². The molecule has 0 spiro atoms. The third-order valence-electron chi connectivity index (χ3n) is 2.86. The monoisotopic (exact) mass is 284 g/mol. The van der Waals surface area contributed by atoms with Crippen LogP contribution in [0.15, 0.2) is 47.5 Å². The smallest absolute Gasteiger partial charge is 0.412 e. The Kier molecular flexibility index (Phi) is 4.56. The van der Waals surface area contributed by atoms with Crippen LogP contribution < -0.4 is 10.1 Å². The molecular formula is C16H16N2O3. The van der Waals surface area contributed by atoms with Crippen LogP contribution in [0, 0.1) is 6.92 Å². The number of hydrogen-bond donors (Lipinski definition) is 2. The van der Waals surface area contributed by atoms with Crippen LogP contribution in [0.1, 0.15) is 11.1 Å². The number of benzene rings is 2. The van der Waals surface area contributed by atoms with Gasteiger partial charge in [-0.1, -0.05) is 12.1 Å². The van der Waals surface area contributed by atoms with Crippen molar-refractivity contribution in [1.82, 2.24) is 5.32 Å². The summed E-state index contributed by atoms with van der Waals surface area (Å²) in [6.07, 6.45) is 1.08. The maximum Gasteiger partial charge on any atom is 0.412 e. The average molecular weight is 284 g/mol. The van der Waals surface area contributed by atoms with Gasteiger partial charge in [0.1, 0.15) is 11.5 Å². The number of amides is 1. The summed E-state index contributed by atoms with van der Waals surface area (Å²) in [6.45, 7) is 1.87. The molecule has 0 aliphatic carbocycles. The summed E-state index contributed by atoms with van der Waals surface area (Å²) in [5.74, 6) is 0.631. The summed E-state index contributed by atoms with van der Waals surface area (Å²) in [4.78, 5) is 15.5. The molecule has 21 heavy (non-hydrogen) atoms. The second-order valence-corrected chi connectivity index (χ2v) is 4.40. The number of aliphatic imine (C=N–C) groups is 1. The molecule has 5 heteroatoms. The van der Waals surface area contributed by atoms with Crippen molar-refractivity contribution in [3.05, 3.63) is 53.6 Å². The van der Waals surface area contributed by atoms with E-state index in [2.05, 4.69) is 10.3 Å². The van der Waals surface area contributed by atoms with Gasteiger partial charge in [-0.3, -0.25) is 4.99 Å². The Morgan fingerprint density at radius 1 is 1.29 bits per heavy atom. The number of rotatable bonds is 3. The highest BCUT2D eigenvalue weighted by molar-refractivity contribution is 5.85. The number of hydrogen-bond acceptors (Lipinski definition) is 4. The van der Waals surface area contributed by atoms with Crippen molar-refractivity contribution in [3.8, 4) is 11.5 Å². The Hall–Kier alpha value is -2.82. The maximum atomic E-state index is 11.1. The van der Waals surface area contributed by atoms with Crippen LogP contribution in [0.2, 0.25) is 0 Å². The number of carbonyl (C=O) groups excluding carboxylic acids is 1. The molecule has 0 fully saturated rings. The fourth-order valence-electron chi connectivity index (χ4n) is 1.73. The van der Waals surface area contributed by atoms with E-state index in [9.17, 15) is 9.90 Å². The van der Waals surface area contributed by atoms with Gasteiger partial charge in [-0.15, -0.1) is 0 Å². The zero-order valence-electron chi connectivity index (χ0n) is 11.8. The van der Waals surface area contributed by atoms with Crippen LogP contribution in [-0.4, -0.2) is 24.5 Å². The molecular weight excluding hydrogens is 268 g/mol. The molecule has 0 aliphatic rings. The predicted octanol–water partition coefficient (Wildman–Crippen LogP) is 3.17. The summed E-state index contributed by atoms with van der Waals surface area (Å²) < 4.78 is 5.04. The lowest BCUT2D eigenvalue weighted by Gasteiger charge is -2.06. The molecule has 0 bridgehead atoms. The number of carbonyl (C=O) groups is 1. The first-order chi connectivity index (χ1) is 10.1. The molecule has 0 saturated carbocycles. The Balaban J connectivity index is 2.18. The normalized spacial score (nSPS) is 10.6. The number of ether oxygens (including phenoxy) is 1. The number of para-hydroxylation sites is 1. The SMILES string of the molecule is CNC(=O)Oc1ccc(N=Cc2ccccc2O)c(C)c1. The van der Waals surface area contributed by atoms with Gasteiger partial charge < -0.3 is 15.2 Å². The second kappa shape index (κ2) is 6.56. The Bertz CT molecular complexity index is 681. The third kappa shape index (κ3) is 3.82. The summed E-state index contributed by atoms with van der Waals surface area (Å²) in [6, 6.07) is 12.1. The number of aryl methyl sites for hydroxylation is 1. The largest absolute Gasteiger partial charge is 0.507 e. The van der Waals surface area contributed by atoms with Crippen LogP contribution in [0.3, 0.4) is 0 Å². The summed E-state index contributed by atoms with van der Waals surface area (Å²) in [5.41, 5.74) is 2.24. The lowest BCUT2D eigenvalue weighted by Crippen LogP contribution is -2.21. The van der Waals surface area contributed by atoms with Crippen molar-refractivity contribution in [2.24, 2.45) is 4.99 Å². The molecule has 0 saturated heterocycles. The quantitative estimate of drug-likeness (QED) is 0.850. The highest BCUT2D eigenvalue weighted by Crippen LogP contribution is 2.24. The minimum Gasteiger partial charge on any atom is -0.507 e. The van der Waals surface area contributed by atoms with E-state index in [1.165, 1.54) is 7.05 Å². The van der Waals surface area contributed by atoms with Crippen LogP contribution in [0.25, 0.3) is 0 Å². The standard InChI is InChI=1S/C16H16N2O3/c1-11-9-13(21-16(20)17-2)7-8-14(11)18-10-12-5-3-4-6-15(12)19/h3-10,19H,1-2H3,(H,17,20). The minimum absolute atomic E-state index is 0.179. The fourth-order valence-corrected chi connectivity index (χ4v) is 1.73. The summed E-state index contributed by atoms with van der Waals surface area (Å²) in [5, 5.41) is 12.1. The zero-order valence-corrected chi connectivity index (χ0v) is 11.8. The van der Waals surface area contributed by atoms with Crippen molar-refractivity contribution < 1.29 is 14.6 Å². The highest BCUT2D eigenvalue weighted by atomic mass is 16.5. The first kappa shape index (κ1) is 14.6. The first-order valence-electron chi connectivity index (χ1n) is 6.42. The molecule has 0 heterocycles. The zero-order chi connectivity index (χ0) is 15.2. The lowest BCUT2D eigenvalue weighted by molar-refractivity contribution is 0.203. The van der Waals surface area contributed by atoms with Crippen molar-refractivity contribution in [3.63, 3.8) is 0 Å². The number of nitrogens with zero attached hydrogens (tertiary/aromatic N) is 1. The Morgan fingerprint density at radius 3 is 2.71 bits per heavy atom. The van der Waals surface area contributed by atoms with Crippen molar-refractivity contribution in [2.45, 2.75) is 6.92 Å². The molecule has 1 amide bonds. The molecule has 2 aromatic rings. The topological polar surface area (TPSA) is 70.9 Å². The van der Waals surface area contributed by atoms with Crippen LogP contribution >= 0.6 is 0 Å². The molecule has 108 valence electrons. The van der Waals surface area contributed by atoms with E-state index >= 15 is 0 Å². The molecule has 5 nitrogen and oxygen atoms in total. The minimum atomic E-state index is -0.514. The molecule has 0 unspecified atom stereocenters. The molecule has 2 aromatic carbocycles. The van der Waals surface area contributed by atoms with Gasteiger partial charge in [0.15, 0.2) is 0 Å². The number of nitrogens with one attached hydrogen (secondary N) is 1. The lowest BCUT2D eigenvalue weighted by atomic mass is 10.2. The maximum absolute atomic E-state index is 11.1. The van der Waals surface area contributed by atoms with Gasteiger partial charge in [-0.25, -0.2) is 4.79 Å². The van der Waals surface area contributed by atoms with Gasteiger partial charge >= 0.3 is 6.09 Å². The molecule has 2 N–H and O–H groups in total. The van der Waals surface area contributed by atoms with E-state index in [-0.39, 0.29) is 5.75 Å². The highest BCUT2D eigenvalue weighted by Gasteiger charge is 2.04. The van der Waals surface area contributed by atoms with Gasteiger partial charge in [0.2, 0.25) is 0 Å². The average Bonchev–Trinajstić information content (AvgIpc) is 2.48. The van der Waals surface area contributed by atoms with E-state index in [0.717, 1.165) is 11.3 Å². The van der Waals surface area contributed by atoms with Gasteiger partial charge in [0, 0.05) is 18.8 Å². The van der Waals surface area contributed by atoms with Gasteiger partial charge in [0.05, 0.1) is 5.69 Å². The molecule has 0 atom stereocenters. The van der Waals surface area contributed by atoms with Crippen molar-refractivity contribution in [1.29, 1.82) is 0 Å². The second-order valence-electron chi connectivity index (χ2n) is 4.40. The number of aromatic hydroxyl groups is 1. The van der Waals surface area contributed by atoms with Crippen molar-refractivity contribution in [2.75, 3.05) is 7.05 Å². The predicted molar refractivity (Wildman–Crippen MR) is 81.6 cm³/mol. The molecule has 0 aliphatic heterocycles. The van der Waals surface area contributed by atoms with Crippen LogP contribution in [-0.2, 0) is 0 Å². The molecule has 2 rings (SSSR count). The summed E-state index contributed by atoms with van der Waals surface area (Å²) in [7, 11) is 1.50. The van der Waals surface area contributed by atoms with Crippen molar-refractivity contribution >= 4 is 18.0 Å². The first-order valence-corrected chi connectivity index (χ1v) is 6.42.